The topological polar surface area (TPSA) is 60.9 Å². The van der Waals surface area contributed by atoms with Crippen LogP contribution < -0.4 is 5.73 Å². The third-order valence-corrected chi connectivity index (χ3v) is 3.62. The minimum atomic E-state index is -0.608. The lowest BCUT2D eigenvalue weighted by molar-refractivity contribution is -0.119. The van der Waals surface area contributed by atoms with Crippen LogP contribution in [0, 0.1) is 20.8 Å². The summed E-state index contributed by atoms with van der Waals surface area (Å²) in [5.41, 5.74) is 11.4. The summed E-state index contributed by atoms with van der Waals surface area (Å²) >= 11 is 0. The fraction of sp³-hybridized carbons (Fsp3) is 0.375. The fourth-order valence-electron chi connectivity index (χ4n) is 2.56. The van der Waals surface area contributed by atoms with E-state index < -0.39 is 6.04 Å². The SMILES string of the molecule is Cc1cc(C)c(CC(=O)C(N)c2cnn(C)c2)c(C)c1. The Kier molecular flexibility index (Phi) is 4.04. The number of benzene rings is 1. The summed E-state index contributed by atoms with van der Waals surface area (Å²) < 4.78 is 1.66. The molecule has 1 unspecified atom stereocenters. The summed E-state index contributed by atoms with van der Waals surface area (Å²) in [6, 6.07) is 3.60. The van der Waals surface area contributed by atoms with Crippen molar-refractivity contribution < 1.29 is 4.79 Å². The van der Waals surface area contributed by atoms with Crippen LogP contribution in [0.4, 0.5) is 0 Å². The molecule has 0 aliphatic heterocycles. The lowest BCUT2D eigenvalue weighted by atomic mass is 9.93. The first-order valence-corrected chi connectivity index (χ1v) is 6.72. The number of hydrogen-bond donors (Lipinski definition) is 1. The molecule has 4 nitrogen and oxygen atoms in total. The van der Waals surface area contributed by atoms with Gasteiger partial charge in [0.05, 0.1) is 12.2 Å². The largest absolute Gasteiger partial charge is 0.318 e. The van der Waals surface area contributed by atoms with Gasteiger partial charge in [-0.25, -0.2) is 0 Å². The number of nitrogens with zero attached hydrogens (tertiary/aromatic N) is 2. The molecule has 1 heterocycles. The van der Waals surface area contributed by atoms with Crippen LogP contribution in [0.1, 0.15) is 33.9 Å². The highest BCUT2D eigenvalue weighted by atomic mass is 16.1. The van der Waals surface area contributed by atoms with E-state index in [1.54, 1.807) is 17.1 Å². The van der Waals surface area contributed by atoms with Crippen molar-refractivity contribution in [2.24, 2.45) is 12.8 Å². The van der Waals surface area contributed by atoms with Gasteiger partial charge in [0, 0.05) is 25.2 Å². The molecule has 0 spiro atoms. The van der Waals surface area contributed by atoms with Gasteiger partial charge in [0.1, 0.15) is 0 Å². The van der Waals surface area contributed by atoms with Crippen molar-refractivity contribution in [3.05, 3.63) is 52.3 Å². The average Bonchev–Trinajstić information content (AvgIpc) is 2.79. The minimum Gasteiger partial charge on any atom is -0.318 e. The third-order valence-electron chi connectivity index (χ3n) is 3.62. The van der Waals surface area contributed by atoms with Gasteiger partial charge in [-0.15, -0.1) is 0 Å². The lowest BCUT2D eigenvalue weighted by Gasteiger charge is -2.13. The van der Waals surface area contributed by atoms with Crippen LogP contribution in [0.25, 0.3) is 0 Å². The van der Waals surface area contributed by atoms with E-state index in [0.717, 1.165) is 22.3 Å². The zero-order valence-corrected chi connectivity index (χ0v) is 12.5. The Morgan fingerprint density at radius 3 is 2.40 bits per heavy atom. The van der Waals surface area contributed by atoms with Gasteiger partial charge in [0.15, 0.2) is 5.78 Å². The molecule has 106 valence electrons. The summed E-state index contributed by atoms with van der Waals surface area (Å²) in [4.78, 5) is 12.3. The van der Waals surface area contributed by atoms with Gasteiger partial charge < -0.3 is 5.73 Å². The Bertz CT molecular complexity index is 620. The van der Waals surface area contributed by atoms with Crippen LogP contribution in [0.2, 0.25) is 0 Å². The molecule has 0 amide bonds. The molecule has 0 saturated heterocycles. The van der Waals surface area contributed by atoms with Gasteiger partial charge in [-0.1, -0.05) is 17.7 Å². The zero-order valence-electron chi connectivity index (χ0n) is 12.5. The van der Waals surface area contributed by atoms with Crippen LogP contribution in [-0.2, 0) is 18.3 Å². The first-order chi connectivity index (χ1) is 9.38. The van der Waals surface area contributed by atoms with E-state index in [4.69, 9.17) is 5.73 Å². The van der Waals surface area contributed by atoms with Gasteiger partial charge in [0.2, 0.25) is 0 Å². The van der Waals surface area contributed by atoms with Crippen LogP contribution >= 0.6 is 0 Å². The van der Waals surface area contributed by atoms with Crippen LogP contribution in [0.3, 0.4) is 0 Å². The molecule has 0 aliphatic carbocycles. The molecule has 0 fully saturated rings. The normalized spacial score (nSPS) is 12.4. The Balaban J connectivity index is 2.20. The molecular weight excluding hydrogens is 250 g/mol. The molecule has 20 heavy (non-hydrogen) atoms. The van der Waals surface area contributed by atoms with Crippen molar-refractivity contribution in [3.8, 4) is 0 Å². The number of aromatic nitrogens is 2. The molecule has 1 aromatic heterocycles. The maximum absolute atomic E-state index is 12.3. The monoisotopic (exact) mass is 271 g/mol. The summed E-state index contributed by atoms with van der Waals surface area (Å²) in [5, 5.41) is 4.06. The second-order valence-corrected chi connectivity index (χ2v) is 5.45. The van der Waals surface area contributed by atoms with E-state index in [1.807, 2.05) is 20.9 Å². The standard InChI is InChI=1S/C16H21N3O/c1-10-5-11(2)14(12(3)6-10)7-15(20)16(17)13-8-18-19(4)9-13/h5-6,8-9,16H,7,17H2,1-4H3. The van der Waals surface area contributed by atoms with Crippen molar-refractivity contribution in [2.75, 3.05) is 0 Å². The van der Waals surface area contributed by atoms with Crippen LogP contribution in [0.15, 0.2) is 24.5 Å². The number of aryl methyl sites for hydroxylation is 4. The highest BCUT2D eigenvalue weighted by Gasteiger charge is 2.19. The Morgan fingerprint density at radius 1 is 1.30 bits per heavy atom. The molecular formula is C16H21N3O. The van der Waals surface area contributed by atoms with E-state index in [9.17, 15) is 4.79 Å². The van der Waals surface area contributed by atoms with Crippen molar-refractivity contribution in [2.45, 2.75) is 33.2 Å². The van der Waals surface area contributed by atoms with Gasteiger partial charge in [-0.2, -0.15) is 5.10 Å². The van der Waals surface area contributed by atoms with E-state index >= 15 is 0 Å². The number of carbonyl (C=O) groups is 1. The maximum Gasteiger partial charge on any atom is 0.158 e. The van der Waals surface area contributed by atoms with Crippen molar-refractivity contribution in [1.29, 1.82) is 0 Å². The number of Topliss-reactive ketones (excluding diaryl/α,β-unsaturated/α-hetero) is 1. The molecule has 0 radical (unpaired) electrons. The molecule has 2 aromatic rings. The van der Waals surface area contributed by atoms with Gasteiger partial charge in [-0.3, -0.25) is 9.48 Å². The Morgan fingerprint density at radius 2 is 1.90 bits per heavy atom. The number of rotatable bonds is 4. The van der Waals surface area contributed by atoms with Crippen molar-refractivity contribution in [1.82, 2.24) is 9.78 Å². The van der Waals surface area contributed by atoms with Crippen LogP contribution in [-0.4, -0.2) is 15.6 Å². The molecule has 2 rings (SSSR count). The zero-order chi connectivity index (χ0) is 14.9. The number of nitrogens with two attached hydrogens (primary N) is 1. The number of carbonyl (C=O) groups excluding carboxylic acids is 1. The molecule has 1 atom stereocenters. The number of ketones is 1. The Labute approximate surface area is 119 Å². The van der Waals surface area contributed by atoms with Gasteiger partial charge >= 0.3 is 0 Å². The maximum atomic E-state index is 12.3. The lowest BCUT2D eigenvalue weighted by Crippen LogP contribution is -2.23. The van der Waals surface area contributed by atoms with Crippen LogP contribution in [0.5, 0.6) is 0 Å². The average molecular weight is 271 g/mol. The smallest absolute Gasteiger partial charge is 0.158 e. The van der Waals surface area contributed by atoms with E-state index in [1.165, 1.54) is 5.56 Å². The summed E-state index contributed by atoms with van der Waals surface area (Å²) in [7, 11) is 1.81. The third kappa shape index (κ3) is 2.96. The fourth-order valence-corrected chi connectivity index (χ4v) is 2.56. The number of hydrogen-bond acceptors (Lipinski definition) is 3. The van der Waals surface area contributed by atoms with Crippen molar-refractivity contribution in [3.63, 3.8) is 0 Å². The van der Waals surface area contributed by atoms with Gasteiger partial charge in [0.25, 0.3) is 0 Å². The first kappa shape index (κ1) is 14.5. The van der Waals surface area contributed by atoms with E-state index in [2.05, 4.69) is 24.2 Å². The predicted molar refractivity (Wildman–Crippen MR) is 79.5 cm³/mol. The summed E-state index contributed by atoms with van der Waals surface area (Å²) in [5.74, 6) is 0.0213. The highest BCUT2D eigenvalue weighted by molar-refractivity contribution is 5.87. The quantitative estimate of drug-likeness (QED) is 0.927. The second-order valence-electron chi connectivity index (χ2n) is 5.45. The highest BCUT2D eigenvalue weighted by Crippen LogP contribution is 2.20. The molecule has 2 N–H and O–H groups in total. The summed E-state index contributed by atoms with van der Waals surface area (Å²) in [6.07, 6.45) is 3.81. The molecule has 0 saturated carbocycles. The molecule has 4 heteroatoms. The van der Waals surface area contributed by atoms with E-state index in [-0.39, 0.29) is 5.78 Å². The molecule has 0 aliphatic rings. The Hall–Kier alpha value is -1.94. The van der Waals surface area contributed by atoms with Gasteiger partial charge in [-0.05, 0) is 37.5 Å². The summed E-state index contributed by atoms with van der Waals surface area (Å²) in [6.45, 7) is 6.14. The second kappa shape index (κ2) is 5.59. The molecule has 1 aromatic carbocycles. The molecule has 0 bridgehead atoms. The predicted octanol–water partition coefficient (Wildman–Crippen LogP) is 2.16. The van der Waals surface area contributed by atoms with E-state index in [0.29, 0.717) is 6.42 Å². The first-order valence-electron chi connectivity index (χ1n) is 6.72. The van der Waals surface area contributed by atoms with Crippen molar-refractivity contribution >= 4 is 5.78 Å². The minimum absolute atomic E-state index is 0.0213.